The number of benzene rings is 1. The molecule has 1 aliphatic carbocycles. The maximum Gasteiger partial charge on any atom is 0.240 e. The number of hydrogen-bond donors (Lipinski definition) is 2. The summed E-state index contributed by atoms with van der Waals surface area (Å²) in [6.45, 7) is 3.17. The lowest BCUT2D eigenvalue weighted by Crippen LogP contribution is -2.49. The molecule has 0 radical (unpaired) electrons. The molecule has 3 N–H and O–H groups in total. The van der Waals surface area contributed by atoms with Gasteiger partial charge in [0.1, 0.15) is 0 Å². The minimum Gasteiger partial charge on any atom is -0.342 e. The molecule has 2 aliphatic rings. The fraction of sp³-hybridized carbons (Fsp3) is 0.650. The van der Waals surface area contributed by atoms with Crippen LogP contribution in [0.5, 0.6) is 0 Å². The van der Waals surface area contributed by atoms with Crippen molar-refractivity contribution in [3.8, 4) is 0 Å². The minimum atomic E-state index is -3.60. The van der Waals surface area contributed by atoms with Crippen molar-refractivity contribution in [2.45, 2.75) is 68.7 Å². The monoisotopic (exact) mass is 393 g/mol. The number of rotatable bonds is 4. The van der Waals surface area contributed by atoms with Gasteiger partial charge in [-0.2, -0.15) is 0 Å². The van der Waals surface area contributed by atoms with Crippen LogP contribution in [-0.2, 0) is 27.7 Å². The van der Waals surface area contributed by atoms with Crippen LogP contribution in [0.4, 0.5) is 0 Å². The zero-order valence-corrected chi connectivity index (χ0v) is 17.0. The van der Waals surface area contributed by atoms with Gasteiger partial charge in [0.15, 0.2) is 0 Å². The summed E-state index contributed by atoms with van der Waals surface area (Å²) in [6, 6.07) is 5.32. The molecule has 0 unspecified atom stereocenters. The Balaban J connectivity index is 1.71. The maximum atomic E-state index is 12.8. The molecule has 0 saturated heterocycles. The van der Waals surface area contributed by atoms with Gasteiger partial charge in [0.05, 0.1) is 4.90 Å². The molecule has 150 valence electrons. The van der Waals surface area contributed by atoms with Crippen LogP contribution in [0.25, 0.3) is 0 Å². The van der Waals surface area contributed by atoms with E-state index in [0.717, 1.165) is 43.2 Å². The van der Waals surface area contributed by atoms with Crippen molar-refractivity contribution < 1.29 is 13.2 Å². The molecule has 0 bridgehead atoms. The van der Waals surface area contributed by atoms with Crippen LogP contribution in [-0.4, -0.2) is 44.4 Å². The Bertz CT molecular complexity index is 784. The van der Waals surface area contributed by atoms with E-state index in [-0.39, 0.29) is 17.3 Å². The average molecular weight is 394 g/mol. The number of sulfonamides is 1. The fourth-order valence-electron chi connectivity index (χ4n) is 4.12. The number of hydrogen-bond acceptors (Lipinski definition) is 4. The Morgan fingerprint density at radius 1 is 1.11 bits per heavy atom. The van der Waals surface area contributed by atoms with Crippen LogP contribution in [0.15, 0.2) is 23.1 Å². The second kappa shape index (κ2) is 8.29. The third-order valence-electron chi connectivity index (χ3n) is 5.95. The summed E-state index contributed by atoms with van der Waals surface area (Å²) in [5, 5.41) is 0. The second-order valence-electron chi connectivity index (χ2n) is 8.04. The Morgan fingerprint density at radius 2 is 1.74 bits per heavy atom. The lowest BCUT2D eigenvalue weighted by Gasteiger charge is -2.28. The molecular weight excluding hydrogens is 362 g/mol. The van der Waals surface area contributed by atoms with Crippen molar-refractivity contribution in [3.05, 3.63) is 29.3 Å². The molecule has 1 aromatic carbocycles. The highest BCUT2D eigenvalue weighted by atomic mass is 32.2. The number of amides is 1. The van der Waals surface area contributed by atoms with E-state index < -0.39 is 15.6 Å². The molecule has 1 aliphatic heterocycles. The van der Waals surface area contributed by atoms with Crippen LogP contribution >= 0.6 is 0 Å². The van der Waals surface area contributed by atoms with Gasteiger partial charge in [-0.15, -0.1) is 0 Å². The standard InChI is InChI=1S/C20H31N3O3S/c1-16(24)23-12-8-17-6-7-19(14-18(17)9-13-23)27(25,26)22-15-20(21)10-4-2-3-5-11-20/h6-7,14,22H,2-5,8-13,15,21H2,1H3. The molecule has 1 aromatic rings. The Morgan fingerprint density at radius 3 is 2.37 bits per heavy atom. The van der Waals surface area contributed by atoms with Crippen molar-refractivity contribution in [1.29, 1.82) is 0 Å². The molecule has 1 heterocycles. The molecule has 0 aromatic heterocycles. The average Bonchev–Trinajstić information content (AvgIpc) is 2.98. The van der Waals surface area contributed by atoms with Gasteiger partial charge < -0.3 is 10.6 Å². The highest BCUT2D eigenvalue weighted by Gasteiger charge is 2.28. The summed E-state index contributed by atoms with van der Waals surface area (Å²) in [5.41, 5.74) is 8.14. The van der Waals surface area contributed by atoms with E-state index in [0.29, 0.717) is 19.5 Å². The summed E-state index contributed by atoms with van der Waals surface area (Å²) < 4.78 is 28.4. The predicted octanol–water partition coefficient (Wildman–Crippen LogP) is 1.96. The Hall–Kier alpha value is -1.44. The topological polar surface area (TPSA) is 92.5 Å². The highest BCUT2D eigenvalue weighted by molar-refractivity contribution is 7.89. The van der Waals surface area contributed by atoms with Gasteiger partial charge in [-0.05, 0) is 48.9 Å². The van der Waals surface area contributed by atoms with Gasteiger partial charge in [-0.25, -0.2) is 13.1 Å². The molecule has 3 rings (SSSR count). The molecule has 7 heteroatoms. The van der Waals surface area contributed by atoms with Crippen molar-refractivity contribution >= 4 is 15.9 Å². The first-order chi connectivity index (χ1) is 12.8. The van der Waals surface area contributed by atoms with Crippen LogP contribution in [0.2, 0.25) is 0 Å². The third-order valence-corrected chi connectivity index (χ3v) is 7.35. The number of nitrogens with zero attached hydrogens (tertiary/aromatic N) is 1. The van der Waals surface area contributed by atoms with Crippen molar-refractivity contribution in [1.82, 2.24) is 9.62 Å². The molecule has 0 atom stereocenters. The molecule has 6 nitrogen and oxygen atoms in total. The highest BCUT2D eigenvalue weighted by Crippen LogP contribution is 2.25. The molecule has 1 fully saturated rings. The quantitative estimate of drug-likeness (QED) is 0.765. The van der Waals surface area contributed by atoms with E-state index in [1.165, 1.54) is 12.8 Å². The third kappa shape index (κ3) is 5.09. The van der Waals surface area contributed by atoms with Crippen LogP contribution in [0, 0.1) is 0 Å². The molecule has 1 saturated carbocycles. The molecule has 0 spiro atoms. The number of carbonyl (C=O) groups excluding carboxylic acids is 1. The van der Waals surface area contributed by atoms with Crippen LogP contribution in [0.3, 0.4) is 0 Å². The summed E-state index contributed by atoms with van der Waals surface area (Å²) >= 11 is 0. The van der Waals surface area contributed by atoms with E-state index >= 15 is 0 Å². The number of carbonyl (C=O) groups is 1. The van der Waals surface area contributed by atoms with Crippen molar-refractivity contribution in [3.63, 3.8) is 0 Å². The zero-order valence-electron chi connectivity index (χ0n) is 16.2. The summed E-state index contributed by atoms with van der Waals surface area (Å²) in [5.74, 6) is 0.0639. The zero-order chi connectivity index (χ0) is 19.5. The van der Waals surface area contributed by atoms with E-state index in [9.17, 15) is 13.2 Å². The second-order valence-corrected chi connectivity index (χ2v) is 9.80. The number of nitrogens with one attached hydrogen (secondary N) is 1. The van der Waals surface area contributed by atoms with Gasteiger partial charge in [-0.3, -0.25) is 4.79 Å². The lowest BCUT2D eigenvalue weighted by atomic mass is 9.92. The van der Waals surface area contributed by atoms with Crippen LogP contribution < -0.4 is 10.5 Å². The minimum absolute atomic E-state index is 0.0639. The maximum absolute atomic E-state index is 12.8. The molecule has 27 heavy (non-hydrogen) atoms. The largest absolute Gasteiger partial charge is 0.342 e. The number of fused-ring (bicyclic) bond motifs is 1. The van der Waals surface area contributed by atoms with Gasteiger partial charge in [0, 0.05) is 32.1 Å². The number of nitrogens with two attached hydrogens (primary N) is 1. The summed E-state index contributed by atoms with van der Waals surface area (Å²) in [4.78, 5) is 13.7. The van der Waals surface area contributed by atoms with Gasteiger partial charge in [-0.1, -0.05) is 31.7 Å². The first-order valence-corrected chi connectivity index (χ1v) is 11.4. The first kappa shape index (κ1) is 20.3. The summed E-state index contributed by atoms with van der Waals surface area (Å²) in [7, 11) is -3.60. The van der Waals surface area contributed by atoms with Crippen molar-refractivity contribution in [2.75, 3.05) is 19.6 Å². The van der Waals surface area contributed by atoms with Crippen LogP contribution in [0.1, 0.15) is 56.6 Å². The smallest absolute Gasteiger partial charge is 0.240 e. The first-order valence-electron chi connectivity index (χ1n) is 9.95. The van der Waals surface area contributed by atoms with Gasteiger partial charge in [0.25, 0.3) is 0 Å². The van der Waals surface area contributed by atoms with Crippen molar-refractivity contribution in [2.24, 2.45) is 5.73 Å². The summed E-state index contributed by atoms with van der Waals surface area (Å²) in [6.07, 6.45) is 7.63. The fourth-order valence-corrected chi connectivity index (χ4v) is 5.30. The predicted molar refractivity (Wildman–Crippen MR) is 106 cm³/mol. The van der Waals surface area contributed by atoms with E-state index in [2.05, 4.69) is 4.72 Å². The Labute approximate surface area is 162 Å². The Kier molecular flexibility index (Phi) is 6.23. The lowest BCUT2D eigenvalue weighted by molar-refractivity contribution is -0.128. The molecular formula is C20H31N3O3S. The normalized spacial score (nSPS) is 20.4. The van der Waals surface area contributed by atoms with E-state index in [4.69, 9.17) is 5.73 Å². The molecule has 1 amide bonds. The van der Waals surface area contributed by atoms with E-state index in [1.54, 1.807) is 19.1 Å². The van der Waals surface area contributed by atoms with Gasteiger partial charge >= 0.3 is 0 Å². The van der Waals surface area contributed by atoms with Gasteiger partial charge in [0.2, 0.25) is 15.9 Å². The SMILES string of the molecule is CC(=O)N1CCc2ccc(S(=O)(=O)NCC3(N)CCCCCC3)cc2CC1. The van der Waals surface area contributed by atoms with E-state index in [1.807, 2.05) is 11.0 Å².